The van der Waals surface area contributed by atoms with Gasteiger partial charge in [0, 0.05) is 43.3 Å². The van der Waals surface area contributed by atoms with Crippen LogP contribution in [0.1, 0.15) is 42.4 Å². The van der Waals surface area contributed by atoms with Crippen LogP contribution in [0.4, 0.5) is 0 Å². The molecular formula is C28H37N3O. The summed E-state index contributed by atoms with van der Waals surface area (Å²) in [5.41, 5.74) is 5.72. The van der Waals surface area contributed by atoms with Gasteiger partial charge in [-0.05, 0) is 75.5 Å². The van der Waals surface area contributed by atoms with Crippen molar-refractivity contribution in [2.24, 2.45) is 0 Å². The number of aromatic nitrogens is 1. The van der Waals surface area contributed by atoms with Crippen LogP contribution in [0.15, 0.2) is 54.7 Å². The van der Waals surface area contributed by atoms with Gasteiger partial charge in [0.1, 0.15) is 0 Å². The van der Waals surface area contributed by atoms with Crippen molar-refractivity contribution >= 4 is 10.9 Å². The second-order valence-electron chi connectivity index (χ2n) is 9.91. The highest BCUT2D eigenvalue weighted by Gasteiger charge is 2.42. The van der Waals surface area contributed by atoms with E-state index in [1.54, 1.807) is 0 Å². The zero-order valence-corrected chi connectivity index (χ0v) is 19.7. The van der Waals surface area contributed by atoms with Gasteiger partial charge in [0.15, 0.2) is 0 Å². The molecule has 1 fully saturated rings. The summed E-state index contributed by atoms with van der Waals surface area (Å²) in [4.78, 5) is 4.91. The van der Waals surface area contributed by atoms with Gasteiger partial charge in [0.05, 0.1) is 12.2 Å². The van der Waals surface area contributed by atoms with E-state index >= 15 is 0 Å². The van der Waals surface area contributed by atoms with Crippen LogP contribution in [0.3, 0.4) is 0 Å². The SMILES string of the molecule is CN(C)CCn1cc(CCCCN2CCC3(CC2)OCc2ccccc23)c2ccccc21. The van der Waals surface area contributed by atoms with Crippen LogP contribution >= 0.6 is 0 Å². The van der Waals surface area contributed by atoms with E-state index in [2.05, 4.69) is 83.2 Å². The van der Waals surface area contributed by atoms with E-state index in [9.17, 15) is 0 Å². The Hall–Kier alpha value is -2.14. The minimum absolute atomic E-state index is 0.0124. The van der Waals surface area contributed by atoms with Gasteiger partial charge < -0.3 is 19.1 Å². The maximum Gasteiger partial charge on any atom is 0.0963 e. The molecular weight excluding hydrogens is 394 g/mol. The number of para-hydroxylation sites is 1. The third kappa shape index (κ3) is 4.36. The highest BCUT2D eigenvalue weighted by molar-refractivity contribution is 5.84. The Balaban J connectivity index is 1.12. The molecule has 32 heavy (non-hydrogen) atoms. The predicted octanol–water partition coefficient (Wildman–Crippen LogP) is 5.05. The van der Waals surface area contributed by atoms with E-state index in [-0.39, 0.29) is 5.60 Å². The number of benzene rings is 2. The summed E-state index contributed by atoms with van der Waals surface area (Å²) in [7, 11) is 4.29. The standard InChI is InChI=1S/C28H37N3O/c1-29(2)19-20-31-21-23(25-11-4-6-13-27(25)31)9-7-8-16-30-17-14-28(15-18-30)26-12-5-3-10-24(26)22-32-28/h3-6,10-13,21H,7-9,14-20,22H2,1-2H3. The zero-order chi connectivity index (χ0) is 22.0. The Labute approximate surface area is 192 Å². The molecule has 3 heterocycles. The Morgan fingerprint density at radius 3 is 2.56 bits per heavy atom. The molecule has 0 N–H and O–H groups in total. The first-order chi connectivity index (χ1) is 15.6. The summed E-state index contributed by atoms with van der Waals surface area (Å²) in [6.07, 6.45) is 8.34. The first-order valence-electron chi connectivity index (χ1n) is 12.3. The lowest BCUT2D eigenvalue weighted by Gasteiger charge is -2.39. The topological polar surface area (TPSA) is 20.6 Å². The largest absolute Gasteiger partial charge is 0.365 e. The lowest BCUT2D eigenvalue weighted by Crippen LogP contribution is -2.42. The lowest BCUT2D eigenvalue weighted by molar-refractivity contribution is -0.0788. The molecule has 0 bridgehead atoms. The number of ether oxygens (including phenoxy) is 1. The highest BCUT2D eigenvalue weighted by Crippen LogP contribution is 2.43. The van der Waals surface area contributed by atoms with Crippen molar-refractivity contribution in [1.82, 2.24) is 14.4 Å². The molecule has 0 atom stereocenters. The molecule has 170 valence electrons. The van der Waals surface area contributed by atoms with Gasteiger partial charge in [-0.15, -0.1) is 0 Å². The fourth-order valence-corrected chi connectivity index (χ4v) is 5.60. The fourth-order valence-electron chi connectivity index (χ4n) is 5.60. The Kier molecular flexibility index (Phi) is 6.36. The van der Waals surface area contributed by atoms with Gasteiger partial charge in [-0.2, -0.15) is 0 Å². The monoisotopic (exact) mass is 431 g/mol. The van der Waals surface area contributed by atoms with Crippen molar-refractivity contribution in [1.29, 1.82) is 0 Å². The summed E-state index contributed by atoms with van der Waals surface area (Å²) >= 11 is 0. The maximum absolute atomic E-state index is 6.33. The number of rotatable bonds is 8. The summed E-state index contributed by atoms with van der Waals surface area (Å²) in [5.74, 6) is 0. The molecule has 1 saturated heterocycles. The number of hydrogen-bond donors (Lipinski definition) is 0. The summed E-state index contributed by atoms with van der Waals surface area (Å²) in [6, 6.07) is 17.7. The van der Waals surface area contributed by atoms with Crippen LogP contribution in [0.2, 0.25) is 0 Å². The molecule has 2 aromatic carbocycles. The molecule has 4 nitrogen and oxygen atoms in total. The van der Waals surface area contributed by atoms with Crippen molar-refractivity contribution in [3.8, 4) is 0 Å². The molecule has 0 unspecified atom stereocenters. The quantitative estimate of drug-likeness (QED) is 0.466. The number of fused-ring (bicyclic) bond motifs is 3. The number of nitrogens with zero attached hydrogens (tertiary/aromatic N) is 3. The number of unbranched alkanes of at least 4 members (excludes halogenated alkanes) is 1. The Morgan fingerprint density at radius 1 is 0.938 bits per heavy atom. The number of likely N-dealkylation sites (tertiary alicyclic amines) is 1. The van der Waals surface area contributed by atoms with Gasteiger partial charge in [-0.1, -0.05) is 42.5 Å². The van der Waals surface area contributed by atoms with E-state index in [0.717, 1.165) is 45.6 Å². The maximum atomic E-state index is 6.33. The molecule has 1 spiro atoms. The van der Waals surface area contributed by atoms with Gasteiger partial charge >= 0.3 is 0 Å². The fraction of sp³-hybridized carbons (Fsp3) is 0.500. The summed E-state index contributed by atoms with van der Waals surface area (Å²) in [5, 5.41) is 1.43. The van der Waals surface area contributed by atoms with Crippen molar-refractivity contribution < 1.29 is 4.74 Å². The van der Waals surface area contributed by atoms with E-state index in [0.29, 0.717) is 0 Å². The smallest absolute Gasteiger partial charge is 0.0963 e. The average Bonchev–Trinajstić information content (AvgIpc) is 3.36. The first kappa shape index (κ1) is 21.7. The first-order valence-corrected chi connectivity index (χ1v) is 12.3. The average molecular weight is 432 g/mol. The molecule has 2 aliphatic heterocycles. The van der Waals surface area contributed by atoms with Crippen molar-refractivity contribution in [2.75, 3.05) is 40.3 Å². The van der Waals surface area contributed by atoms with Crippen molar-refractivity contribution in [3.63, 3.8) is 0 Å². The molecule has 3 aromatic rings. The zero-order valence-electron chi connectivity index (χ0n) is 19.7. The normalized spacial score (nSPS) is 18.1. The number of hydrogen-bond acceptors (Lipinski definition) is 3. The molecule has 0 saturated carbocycles. The minimum atomic E-state index is -0.0124. The summed E-state index contributed by atoms with van der Waals surface area (Å²) in [6.45, 7) is 6.42. The molecule has 0 aliphatic carbocycles. The van der Waals surface area contributed by atoms with Crippen LogP contribution in [-0.2, 0) is 29.9 Å². The van der Waals surface area contributed by atoms with Gasteiger partial charge in [0.25, 0.3) is 0 Å². The third-order valence-corrected chi connectivity index (χ3v) is 7.51. The van der Waals surface area contributed by atoms with E-state index in [4.69, 9.17) is 4.74 Å². The lowest BCUT2D eigenvalue weighted by atomic mass is 9.84. The van der Waals surface area contributed by atoms with Gasteiger partial charge in [-0.25, -0.2) is 0 Å². The molecule has 4 heteroatoms. The van der Waals surface area contributed by atoms with Gasteiger partial charge in [-0.3, -0.25) is 0 Å². The van der Waals surface area contributed by atoms with Gasteiger partial charge in [0.2, 0.25) is 0 Å². The molecule has 2 aliphatic rings. The van der Waals surface area contributed by atoms with Crippen LogP contribution in [0.5, 0.6) is 0 Å². The second kappa shape index (κ2) is 9.38. The number of likely N-dealkylation sites (N-methyl/N-ethyl adjacent to an activating group) is 1. The summed E-state index contributed by atoms with van der Waals surface area (Å²) < 4.78 is 8.77. The Bertz CT molecular complexity index is 1050. The van der Waals surface area contributed by atoms with Crippen LogP contribution in [0, 0.1) is 0 Å². The molecule has 1 aromatic heterocycles. The number of aryl methyl sites for hydroxylation is 1. The molecule has 0 amide bonds. The molecule has 5 rings (SSSR count). The van der Waals surface area contributed by atoms with Crippen LogP contribution in [-0.4, -0.2) is 54.6 Å². The highest BCUT2D eigenvalue weighted by atomic mass is 16.5. The van der Waals surface area contributed by atoms with E-state index < -0.39 is 0 Å². The van der Waals surface area contributed by atoms with Crippen molar-refractivity contribution in [3.05, 3.63) is 71.4 Å². The minimum Gasteiger partial charge on any atom is -0.365 e. The van der Waals surface area contributed by atoms with Crippen LogP contribution < -0.4 is 0 Å². The third-order valence-electron chi connectivity index (χ3n) is 7.51. The molecule has 0 radical (unpaired) electrons. The Morgan fingerprint density at radius 2 is 1.72 bits per heavy atom. The number of piperidine rings is 1. The van der Waals surface area contributed by atoms with E-state index in [1.807, 2.05) is 0 Å². The second-order valence-corrected chi connectivity index (χ2v) is 9.91. The van der Waals surface area contributed by atoms with Crippen molar-refractivity contribution in [2.45, 2.75) is 50.9 Å². The van der Waals surface area contributed by atoms with Crippen LogP contribution in [0.25, 0.3) is 10.9 Å². The predicted molar refractivity (Wildman–Crippen MR) is 132 cm³/mol. The van der Waals surface area contributed by atoms with E-state index in [1.165, 1.54) is 53.4 Å².